The van der Waals surface area contributed by atoms with E-state index in [4.69, 9.17) is 4.74 Å². The molecule has 1 amide bonds. The Bertz CT molecular complexity index is 772. The van der Waals surface area contributed by atoms with Crippen LogP contribution >= 0.6 is 15.9 Å². The predicted molar refractivity (Wildman–Crippen MR) is 99.7 cm³/mol. The minimum atomic E-state index is -0.649. The first-order valence-corrected chi connectivity index (χ1v) is 8.45. The van der Waals surface area contributed by atoms with Crippen LogP contribution in [0.25, 0.3) is 0 Å². The number of rotatable bonds is 4. The molecule has 132 valence electrons. The lowest BCUT2D eigenvalue weighted by molar-refractivity contribution is -0.385. The summed E-state index contributed by atoms with van der Waals surface area (Å²) in [6.07, 6.45) is -0.517. The summed E-state index contributed by atoms with van der Waals surface area (Å²) in [6.45, 7) is 5.66. The molecule has 0 atom stereocenters. The Hall–Kier alpha value is -2.41. The highest BCUT2D eigenvalue weighted by atomic mass is 79.9. The van der Waals surface area contributed by atoms with Gasteiger partial charge in [0.1, 0.15) is 5.60 Å². The first-order valence-electron chi connectivity index (χ1n) is 7.66. The van der Waals surface area contributed by atoms with Crippen LogP contribution in [0.3, 0.4) is 0 Å². The van der Waals surface area contributed by atoms with Crippen LogP contribution in [0.1, 0.15) is 26.3 Å². The van der Waals surface area contributed by atoms with Gasteiger partial charge in [0.15, 0.2) is 0 Å². The molecule has 6 nitrogen and oxygen atoms in total. The number of anilines is 1. The number of hydrogen-bond donors (Lipinski definition) is 0. The fourth-order valence-electron chi connectivity index (χ4n) is 2.16. The zero-order valence-corrected chi connectivity index (χ0v) is 15.8. The van der Waals surface area contributed by atoms with E-state index in [1.165, 1.54) is 17.0 Å². The van der Waals surface area contributed by atoms with Crippen molar-refractivity contribution in [1.82, 2.24) is 0 Å². The molecule has 7 heteroatoms. The molecule has 0 unspecified atom stereocenters. The zero-order valence-electron chi connectivity index (χ0n) is 14.2. The molecule has 0 heterocycles. The second-order valence-corrected chi connectivity index (χ2v) is 7.30. The molecule has 0 bridgehead atoms. The maximum atomic E-state index is 12.6. The molecule has 2 rings (SSSR count). The van der Waals surface area contributed by atoms with E-state index in [0.717, 1.165) is 5.56 Å². The van der Waals surface area contributed by atoms with Crippen LogP contribution in [-0.2, 0) is 11.3 Å². The fourth-order valence-corrected chi connectivity index (χ4v) is 2.67. The van der Waals surface area contributed by atoms with Gasteiger partial charge in [-0.3, -0.25) is 15.0 Å². The molecule has 25 heavy (non-hydrogen) atoms. The number of amides is 1. The maximum Gasteiger partial charge on any atom is 0.415 e. The predicted octanol–water partition coefficient (Wildman–Crippen LogP) is 5.30. The summed E-state index contributed by atoms with van der Waals surface area (Å²) in [5, 5.41) is 11.0. The van der Waals surface area contributed by atoms with Crippen molar-refractivity contribution in [1.29, 1.82) is 0 Å². The van der Waals surface area contributed by atoms with Gasteiger partial charge < -0.3 is 4.74 Å². The van der Waals surface area contributed by atoms with Gasteiger partial charge in [-0.1, -0.05) is 30.3 Å². The van der Waals surface area contributed by atoms with Crippen LogP contribution in [0.2, 0.25) is 0 Å². The Kier molecular flexibility index (Phi) is 5.79. The monoisotopic (exact) mass is 406 g/mol. The van der Waals surface area contributed by atoms with Gasteiger partial charge in [-0.2, -0.15) is 0 Å². The smallest absolute Gasteiger partial charge is 0.415 e. The second kappa shape index (κ2) is 7.65. The highest BCUT2D eigenvalue weighted by Crippen LogP contribution is 2.31. The van der Waals surface area contributed by atoms with Gasteiger partial charge in [0.05, 0.1) is 15.9 Å². The van der Waals surface area contributed by atoms with E-state index >= 15 is 0 Å². The molecular weight excluding hydrogens is 388 g/mol. The molecule has 0 saturated heterocycles. The molecule has 0 radical (unpaired) electrons. The summed E-state index contributed by atoms with van der Waals surface area (Å²) in [7, 11) is 0. The summed E-state index contributed by atoms with van der Waals surface area (Å²) < 4.78 is 5.78. The van der Waals surface area contributed by atoms with Crippen LogP contribution in [0.5, 0.6) is 0 Å². The first kappa shape index (κ1) is 18.9. The van der Waals surface area contributed by atoms with Crippen molar-refractivity contribution < 1.29 is 14.5 Å². The van der Waals surface area contributed by atoms with Crippen molar-refractivity contribution in [3.8, 4) is 0 Å². The minimum absolute atomic E-state index is 0.0624. The van der Waals surface area contributed by atoms with Gasteiger partial charge in [0, 0.05) is 11.8 Å². The first-order chi connectivity index (χ1) is 11.7. The Labute approximate surface area is 154 Å². The third-order valence-corrected chi connectivity index (χ3v) is 3.87. The van der Waals surface area contributed by atoms with Gasteiger partial charge in [0.25, 0.3) is 5.69 Å². The molecule has 0 aliphatic rings. The largest absolute Gasteiger partial charge is 0.443 e. The molecule has 2 aromatic carbocycles. The van der Waals surface area contributed by atoms with E-state index in [9.17, 15) is 14.9 Å². The lowest BCUT2D eigenvalue weighted by Crippen LogP contribution is -2.36. The molecule has 0 N–H and O–H groups in total. The Morgan fingerprint density at radius 3 is 2.36 bits per heavy atom. The quantitative estimate of drug-likeness (QED) is 0.509. The highest BCUT2D eigenvalue weighted by Gasteiger charge is 2.25. The van der Waals surface area contributed by atoms with Crippen LogP contribution < -0.4 is 4.90 Å². The molecule has 0 aliphatic carbocycles. The summed E-state index contributed by atoms with van der Waals surface area (Å²) in [4.78, 5) is 24.6. The average molecular weight is 407 g/mol. The molecule has 0 saturated carbocycles. The number of halogens is 1. The van der Waals surface area contributed by atoms with Crippen molar-refractivity contribution in [2.24, 2.45) is 0 Å². The maximum absolute atomic E-state index is 12.6. The van der Waals surface area contributed by atoms with Gasteiger partial charge in [0.2, 0.25) is 0 Å². The summed E-state index contributed by atoms with van der Waals surface area (Å²) in [5.41, 5.74) is 0.718. The van der Waals surface area contributed by atoms with Gasteiger partial charge in [-0.25, -0.2) is 4.79 Å². The van der Waals surface area contributed by atoms with Crippen LogP contribution in [0.4, 0.5) is 16.2 Å². The number of carbonyl (C=O) groups excluding carboxylic acids is 1. The van der Waals surface area contributed by atoms with E-state index in [1.807, 2.05) is 30.3 Å². The van der Waals surface area contributed by atoms with Crippen LogP contribution in [-0.4, -0.2) is 16.6 Å². The summed E-state index contributed by atoms with van der Waals surface area (Å²) >= 11 is 3.19. The molecule has 0 aromatic heterocycles. The van der Waals surface area contributed by atoms with Gasteiger partial charge in [-0.15, -0.1) is 0 Å². The third-order valence-electron chi connectivity index (χ3n) is 3.24. The van der Waals surface area contributed by atoms with E-state index in [2.05, 4.69) is 15.9 Å². The van der Waals surface area contributed by atoms with Gasteiger partial charge >= 0.3 is 6.09 Å². The van der Waals surface area contributed by atoms with E-state index in [1.54, 1.807) is 26.8 Å². The van der Waals surface area contributed by atoms with E-state index in [0.29, 0.717) is 16.7 Å². The molecule has 0 spiro atoms. The number of nitro groups is 1. The number of benzene rings is 2. The number of carbonyl (C=O) groups is 1. The van der Waals surface area contributed by atoms with Crippen LogP contribution in [0.15, 0.2) is 53.0 Å². The van der Waals surface area contributed by atoms with Crippen molar-refractivity contribution in [2.45, 2.75) is 32.9 Å². The number of nitrogens with zero attached hydrogens (tertiary/aromatic N) is 2. The average Bonchev–Trinajstić information content (AvgIpc) is 2.51. The fraction of sp³-hybridized carbons (Fsp3) is 0.278. The molecule has 0 aliphatic heterocycles. The molecule has 2 aromatic rings. The minimum Gasteiger partial charge on any atom is -0.443 e. The standard InChI is InChI=1S/C18H19BrN2O4/c1-18(2,3)25-17(22)20(12-13-7-5-4-6-8-13)14-9-10-16(21(23)24)15(19)11-14/h4-11H,12H2,1-3H3. The van der Waals surface area contributed by atoms with Gasteiger partial charge in [-0.05, 0) is 54.4 Å². The summed E-state index contributed by atoms with van der Waals surface area (Å²) in [6, 6.07) is 13.9. The Morgan fingerprint density at radius 1 is 1.20 bits per heavy atom. The number of nitro benzene ring substituents is 1. The zero-order chi connectivity index (χ0) is 18.6. The molecule has 0 fully saturated rings. The lowest BCUT2D eigenvalue weighted by atomic mass is 10.2. The third kappa shape index (κ3) is 5.29. The van der Waals surface area contributed by atoms with Crippen LogP contribution in [0, 0.1) is 10.1 Å². The van der Waals surface area contributed by atoms with Crippen molar-refractivity contribution in [3.63, 3.8) is 0 Å². The SMILES string of the molecule is CC(C)(C)OC(=O)N(Cc1ccccc1)c1ccc([N+](=O)[O-])c(Br)c1. The second-order valence-electron chi connectivity index (χ2n) is 6.44. The topological polar surface area (TPSA) is 72.7 Å². The number of hydrogen-bond acceptors (Lipinski definition) is 4. The number of ether oxygens (including phenoxy) is 1. The van der Waals surface area contributed by atoms with Crippen molar-refractivity contribution >= 4 is 33.4 Å². The van der Waals surface area contributed by atoms with E-state index in [-0.39, 0.29) is 5.69 Å². The molecular formula is C18H19BrN2O4. The Balaban J connectivity index is 2.38. The Morgan fingerprint density at radius 2 is 1.84 bits per heavy atom. The normalized spacial score (nSPS) is 11.0. The van der Waals surface area contributed by atoms with Crippen molar-refractivity contribution in [2.75, 3.05) is 4.90 Å². The summed E-state index contributed by atoms with van der Waals surface area (Å²) in [5.74, 6) is 0. The lowest BCUT2D eigenvalue weighted by Gasteiger charge is -2.27. The van der Waals surface area contributed by atoms with E-state index < -0.39 is 16.6 Å². The van der Waals surface area contributed by atoms with Crippen molar-refractivity contribution in [3.05, 3.63) is 68.7 Å². The highest BCUT2D eigenvalue weighted by molar-refractivity contribution is 9.10.